The van der Waals surface area contributed by atoms with Gasteiger partial charge < -0.3 is 15.2 Å². The maximum Gasteiger partial charge on any atom is 0.320 e. The Morgan fingerprint density at radius 1 is 1.37 bits per heavy atom. The van der Waals surface area contributed by atoms with Crippen LogP contribution in [0.5, 0.6) is 5.75 Å². The molecule has 0 aliphatic carbocycles. The summed E-state index contributed by atoms with van der Waals surface area (Å²) in [7, 11) is 0. The zero-order valence-corrected chi connectivity index (χ0v) is 12.1. The second-order valence-corrected chi connectivity index (χ2v) is 5.04. The summed E-state index contributed by atoms with van der Waals surface area (Å²) in [5.74, 6) is 0.482. The van der Waals surface area contributed by atoms with Crippen LogP contribution >= 0.6 is 0 Å². The van der Waals surface area contributed by atoms with Crippen LogP contribution < -0.4 is 10.1 Å². The zero-order valence-electron chi connectivity index (χ0n) is 12.1. The number of hydrogen-bond acceptors (Lipinski definition) is 3. The highest BCUT2D eigenvalue weighted by Crippen LogP contribution is 2.23. The first-order valence-electron chi connectivity index (χ1n) is 6.61. The number of aryl methyl sites for hydroxylation is 1. The molecule has 4 heteroatoms. The van der Waals surface area contributed by atoms with Crippen LogP contribution in [0.3, 0.4) is 0 Å². The van der Waals surface area contributed by atoms with Gasteiger partial charge in [-0.25, -0.2) is 0 Å². The van der Waals surface area contributed by atoms with Gasteiger partial charge in [0.05, 0.1) is 0 Å². The molecule has 1 atom stereocenters. The number of rotatable bonds is 7. The molecule has 0 aromatic heterocycles. The number of hydrogen-bond donors (Lipinski definition) is 2. The van der Waals surface area contributed by atoms with E-state index in [0.29, 0.717) is 19.1 Å². The summed E-state index contributed by atoms with van der Waals surface area (Å²) in [5, 5.41) is 11.6. The first kappa shape index (κ1) is 15.5. The number of nitrogens with one attached hydrogen (secondary N) is 1. The topological polar surface area (TPSA) is 58.6 Å². The lowest BCUT2D eigenvalue weighted by Gasteiger charge is -2.13. The Kier molecular flexibility index (Phi) is 5.83. The predicted octanol–water partition coefficient (Wildman–Crippen LogP) is 2.56. The number of ether oxygens (including phenoxy) is 1. The van der Waals surface area contributed by atoms with Crippen LogP contribution in [0, 0.1) is 6.92 Å². The number of carbonyl (C=O) groups is 1. The second kappa shape index (κ2) is 7.14. The van der Waals surface area contributed by atoms with Crippen molar-refractivity contribution in [2.24, 2.45) is 0 Å². The average molecular weight is 265 g/mol. The van der Waals surface area contributed by atoms with Gasteiger partial charge in [0, 0.05) is 6.54 Å². The normalized spacial score (nSPS) is 12.5. The van der Waals surface area contributed by atoms with Crippen molar-refractivity contribution < 1.29 is 14.6 Å². The Morgan fingerprint density at radius 3 is 2.58 bits per heavy atom. The van der Waals surface area contributed by atoms with Gasteiger partial charge in [-0.15, -0.1) is 0 Å². The quantitative estimate of drug-likeness (QED) is 0.744. The smallest absolute Gasteiger partial charge is 0.320 e. The molecule has 0 heterocycles. The second-order valence-electron chi connectivity index (χ2n) is 5.04. The van der Waals surface area contributed by atoms with Crippen molar-refractivity contribution >= 4 is 5.97 Å². The van der Waals surface area contributed by atoms with Crippen LogP contribution in [-0.2, 0) is 4.79 Å². The predicted molar refractivity (Wildman–Crippen MR) is 75.9 cm³/mol. The van der Waals surface area contributed by atoms with Crippen LogP contribution in [0.15, 0.2) is 18.2 Å². The van der Waals surface area contributed by atoms with Crippen molar-refractivity contribution in [3.8, 4) is 5.75 Å². The lowest BCUT2D eigenvalue weighted by atomic mass is 9.98. The Hall–Kier alpha value is -1.55. The summed E-state index contributed by atoms with van der Waals surface area (Å²) >= 11 is 0. The van der Waals surface area contributed by atoms with Gasteiger partial charge in [0.25, 0.3) is 0 Å². The van der Waals surface area contributed by atoms with Crippen molar-refractivity contribution in [1.29, 1.82) is 0 Å². The van der Waals surface area contributed by atoms with E-state index in [0.717, 1.165) is 5.75 Å². The molecule has 19 heavy (non-hydrogen) atoms. The third-order valence-corrected chi connectivity index (χ3v) is 3.06. The Morgan fingerprint density at radius 2 is 2.05 bits per heavy atom. The largest absolute Gasteiger partial charge is 0.492 e. The summed E-state index contributed by atoms with van der Waals surface area (Å²) in [6, 6.07) is 5.52. The molecule has 0 unspecified atom stereocenters. The first-order chi connectivity index (χ1) is 8.91. The lowest BCUT2D eigenvalue weighted by molar-refractivity contribution is -0.139. The van der Waals surface area contributed by atoms with Gasteiger partial charge in [0.1, 0.15) is 18.4 Å². The van der Waals surface area contributed by atoms with Gasteiger partial charge in [0.2, 0.25) is 0 Å². The van der Waals surface area contributed by atoms with Crippen molar-refractivity contribution in [1.82, 2.24) is 5.32 Å². The number of carboxylic acids is 1. The van der Waals surface area contributed by atoms with Crippen molar-refractivity contribution in [2.75, 3.05) is 13.2 Å². The fourth-order valence-electron chi connectivity index (χ4n) is 1.92. The van der Waals surface area contributed by atoms with E-state index < -0.39 is 12.0 Å². The first-order valence-corrected chi connectivity index (χ1v) is 6.61. The molecule has 0 radical (unpaired) electrons. The van der Waals surface area contributed by atoms with Crippen molar-refractivity contribution in [3.63, 3.8) is 0 Å². The highest BCUT2D eigenvalue weighted by molar-refractivity contribution is 5.72. The van der Waals surface area contributed by atoms with E-state index in [-0.39, 0.29) is 0 Å². The Bertz CT molecular complexity index is 429. The maximum atomic E-state index is 10.6. The molecule has 106 valence electrons. The molecule has 0 amide bonds. The van der Waals surface area contributed by atoms with Crippen molar-refractivity contribution in [2.45, 2.75) is 39.7 Å². The standard InChI is InChI=1S/C15H23NO3/c1-10(2)14-6-5-13(9-11(14)3)19-8-7-16-12(4)15(17)18/h5-6,9-10,12,16H,7-8H2,1-4H3,(H,17,18)/t12-/m0/s1. The van der Waals surface area contributed by atoms with Gasteiger partial charge in [0.15, 0.2) is 0 Å². The van der Waals surface area contributed by atoms with E-state index in [2.05, 4.69) is 32.2 Å². The minimum Gasteiger partial charge on any atom is -0.492 e. The molecule has 0 spiro atoms. The number of aliphatic carboxylic acids is 1. The molecule has 1 aromatic rings. The summed E-state index contributed by atoms with van der Waals surface area (Å²) < 4.78 is 5.60. The molecule has 4 nitrogen and oxygen atoms in total. The van der Waals surface area contributed by atoms with Crippen LogP contribution in [0.4, 0.5) is 0 Å². The van der Waals surface area contributed by atoms with E-state index in [9.17, 15) is 4.79 Å². The van der Waals surface area contributed by atoms with Gasteiger partial charge in [-0.05, 0) is 43.0 Å². The molecule has 1 rings (SSSR count). The third kappa shape index (κ3) is 4.91. The molecule has 0 aliphatic rings. The summed E-state index contributed by atoms with van der Waals surface area (Å²) in [5.41, 5.74) is 2.55. The van der Waals surface area contributed by atoms with E-state index >= 15 is 0 Å². The Labute approximate surface area is 114 Å². The van der Waals surface area contributed by atoms with Gasteiger partial charge in [-0.3, -0.25) is 4.79 Å². The molecule has 0 saturated heterocycles. The monoisotopic (exact) mass is 265 g/mol. The molecule has 1 aromatic carbocycles. The fraction of sp³-hybridized carbons (Fsp3) is 0.533. The van der Waals surface area contributed by atoms with Gasteiger partial charge in [-0.2, -0.15) is 0 Å². The molecule has 0 bridgehead atoms. The molecular formula is C15H23NO3. The van der Waals surface area contributed by atoms with E-state index in [1.165, 1.54) is 11.1 Å². The fourth-order valence-corrected chi connectivity index (χ4v) is 1.92. The zero-order chi connectivity index (χ0) is 14.4. The van der Waals surface area contributed by atoms with E-state index in [1.807, 2.05) is 12.1 Å². The van der Waals surface area contributed by atoms with E-state index in [1.54, 1.807) is 6.92 Å². The molecule has 0 saturated carbocycles. The highest BCUT2D eigenvalue weighted by atomic mass is 16.5. The van der Waals surface area contributed by atoms with Crippen LogP contribution in [0.2, 0.25) is 0 Å². The maximum absolute atomic E-state index is 10.6. The van der Waals surface area contributed by atoms with Crippen LogP contribution in [0.25, 0.3) is 0 Å². The van der Waals surface area contributed by atoms with Gasteiger partial charge >= 0.3 is 5.97 Å². The summed E-state index contributed by atoms with van der Waals surface area (Å²) in [6.45, 7) is 8.99. The molecular weight excluding hydrogens is 242 g/mol. The minimum atomic E-state index is -0.850. The van der Waals surface area contributed by atoms with Crippen LogP contribution in [0.1, 0.15) is 37.8 Å². The number of carboxylic acid groups (broad SMARTS) is 1. The van der Waals surface area contributed by atoms with Crippen LogP contribution in [-0.4, -0.2) is 30.3 Å². The highest BCUT2D eigenvalue weighted by Gasteiger charge is 2.09. The summed E-state index contributed by atoms with van der Waals surface area (Å²) in [6.07, 6.45) is 0. The molecule has 0 aliphatic heterocycles. The molecule has 2 N–H and O–H groups in total. The average Bonchev–Trinajstić information content (AvgIpc) is 2.33. The molecule has 0 fully saturated rings. The lowest BCUT2D eigenvalue weighted by Crippen LogP contribution is -2.36. The third-order valence-electron chi connectivity index (χ3n) is 3.06. The minimum absolute atomic E-state index is 0.456. The van der Waals surface area contributed by atoms with Gasteiger partial charge in [-0.1, -0.05) is 19.9 Å². The summed E-state index contributed by atoms with van der Waals surface area (Å²) in [4.78, 5) is 10.6. The van der Waals surface area contributed by atoms with E-state index in [4.69, 9.17) is 9.84 Å². The van der Waals surface area contributed by atoms with Crippen molar-refractivity contribution in [3.05, 3.63) is 29.3 Å². The Balaban J connectivity index is 2.42. The number of benzene rings is 1. The SMILES string of the molecule is Cc1cc(OCCN[C@@H](C)C(=O)O)ccc1C(C)C.